The highest BCUT2D eigenvalue weighted by molar-refractivity contribution is 6.01. The first-order chi connectivity index (χ1) is 23.9. The smallest absolute Gasteiger partial charge is 0.163 e. The number of allylic oxidation sites excluding steroid dienone is 1. The van der Waals surface area contributed by atoms with Gasteiger partial charge in [0.2, 0.25) is 0 Å². The summed E-state index contributed by atoms with van der Waals surface area (Å²) < 4.78 is 19.7. The molecule has 5 rings (SSSR count). The van der Waals surface area contributed by atoms with E-state index < -0.39 is 0 Å². The molecule has 2 heterocycles. The zero-order valence-corrected chi connectivity index (χ0v) is 29.8. The van der Waals surface area contributed by atoms with Crippen LogP contribution in [-0.4, -0.2) is 48.2 Å². The number of ether oxygens (including phenoxy) is 3. The second-order valence-corrected chi connectivity index (χ2v) is 13.3. The number of nitrogens with zero attached hydrogens (tertiary/aromatic N) is 3. The van der Waals surface area contributed by atoms with Crippen molar-refractivity contribution in [3.63, 3.8) is 0 Å². The first-order valence-electron chi connectivity index (χ1n) is 18.1. The molecule has 50 heavy (non-hydrogen) atoms. The van der Waals surface area contributed by atoms with E-state index in [2.05, 4.69) is 78.6 Å². The van der Waals surface area contributed by atoms with Gasteiger partial charge in [-0.3, -0.25) is 4.79 Å². The number of hydrogen-bond donors (Lipinski definition) is 0. The van der Waals surface area contributed by atoms with Gasteiger partial charge in [-0.05, 0) is 102 Å². The molecule has 0 radical (unpaired) electrons. The first kappa shape index (κ1) is 38.4. The predicted octanol–water partition coefficient (Wildman–Crippen LogP) is 9.82. The molecular weight excluding hydrogens is 622 g/mol. The summed E-state index contributed by atoms with van der Waals surface area (Å²) >= 11 is 0. The summed E-state index contributed by atoms with van der Waals surface area (Å²) in [4.78, 5) is 20.5. The standard InChI is InChI=1S/C42H53N3O4.CH4/c1-5-7-22-47-23-24-48-39-17-12-34(13-18-39)35-14-19-41-37(26-35)27-36(9-8-21-44(41)29-32(3)4)42(46)25-33-10-15-40(16-11-33)49-30-38-28-43-31-45(38)20-6-2;/h10-19,26-28,31-32H,5-9,20-25,29-30H2,1-4H3;1H4. The summed E-state index contributed by atoms with van der Waals surface area (Å²) in [6, 6.07) is 22.8. The fraction of sp³-hybridized carbons (Fsp3) is 0.442. The molecule has 4 aromatic rings. The zero-order chi connectivity index (χ0) is 34.4. The first-order valence-corrected chi connectivity index (χ1v) is 18.1. The Bertz CT molecular complexity index is 1640. The van der Waals surface area contributed by atoms with E-state index in [0.29, 0.717) is 32.2 Å². The van der Waals surface area contributed by atoms with Crippen LogP contribution in [0.15, 0.2) is 84.8 Å². The van der Waals surface area contributed by atoms with Crippen LogP contribution in [0.25, 0.3) is 17.2 Å². The largest absolute Gasteiger partial charge is 0.491 e. The Morgan fingerprint density at radius 2 is 1.62 bits per heavy atom. The molecule has 0 saturated carbocycles. The SMILES string of the molecule is C.CCCCOCCOc1ccc(-c2ccc3c(c2)C=C(C(=O)Cc2ccc(OCc4cncn4CCC)cc2)CCCN3CC(C)C)cc1. The number of rotatable bonds is 18. The average molecular weight is 680 g/mol. The Morgan fingerprint density at radius 1 is 0.880 bits per heavy atom. The van der Waals surface area contributed by atoms with Crippen LogP contribution in [-0.2, 0) is 29.1 Å². The van der Waals surface area contributed by atoms with Gasteiger partial charge in [0.25, 0.3) is 0 Å². The maximum Gasteiger partial charge on any atom is 0.163 e. The van der Waals surface area contributed by atoms with Crippen LogP contribution in [0.2, 0.25) is 0 Å². The maximum atomic E-state index is 13.8. The molecule has 0 saturated heterocycles. The number of imidazole rings is 1. The lowest BCUT2D eigenvalue weighted by molar-refractivity contribution is -0.115. The summed E-state index contributed by atoms with van der Waals surface area (Å²) in [5.41, 5.74) is 7.44. The van der Waals surface area contributed by atoms with Crippen LogP contribution >= 0.6 is 0 Å². The van der Waals surface area contributed by atoms with Gasteiger partial charge in [0, 0.05) is 38.3 Å². The Morgan fingerprint density at radius 3 is 2.36 bits per heavy atom. The van der Waals surface area contributed by atoms with Crippen molar-refractivity contribution >= 4 is 17.5 Å². The van der Waals surface area contributed by atoms with E-state index in [9.17, 15) is 4.79 Å². The van der Waals surface area contributed by atoms with Crippen molar-refractivity contribution < 1.29 is 19.0 Å². The minimum Gasteiger partial charge on any atom is -0.491 e. The number of anilines is 1. The minimum atomic E-state index is 0. The lowest BCUT2D eigenvalue weighted by Gasteiger charge is -2.30. The van der Waals surface area contributed by atoms with Gasteiger partial charge in [0.05, 0.1) is 24.8 Å². The Hall–Kier alpha value is -4.36. The molecule has 0 aliphatic carbocycles. The second-order valence-electron chi connectivity index (χ2n) is 13.3. The monoisotopic (exact) mass is 679 g/mol. The summed E-state index contributed by atoms with van der Waals surface area (Å²) in [6.07, 6.45) is 11.2. The van der Waals surface area contributed by atoms with Crippen LogP contribution < -0.4 is 14.4 Å². The van der Waals surface area contributed by atoms with E-state index in [-0.39, 0.29) is 13.2 Å². The number of aryl methyl sites for hydroxylation is 1. The molecule has 7 heteroatoms. The van der Waals surface area contributed by atoms with Crippen LogP contribution in [0.1, 0.15) is 84.0 Å². The highest BCUT2D eigenvalue weighted by Crippen LogP contribution is 2.33. The Labute approximate surface area is 300 Å². The summed E-state index contributed by atoms with van der Waals surface area (Å²) in [5.74, 6) is 2.33. The van der Waals surface area contributed by atoms with Gasteiger partial charge in [-0.2, -0.15) is 0 Å². The quantitative estimate of drug-likeness (QED) is 0.0976. The number of hydrogen-bond acceptors (Lipinski definition) is 6. The highest BCUT2D eigenvalue weighted by atomic mass is 16.5. The highest BCUT2D eigenvalue weighted by Gasteiger charge is 2.20. The molecule has 0 spiro atoms. The van der Waals surface area contributed by atoms with Gasteiger partial charge >= 0.3 is 0 Å². The van der Waals surface area contributed by atoms with Crippen molar-refractivity contribution in [3.8, 4) is 22.6 Å². The van der Waals surface area contributed by atoms with E-state index in [1.807, 2.05) is 48.9 Å². The number of carbonyl (C=O) groups is 1. The number of fused-ring (bicyclic) bond motifs is 1. The number of carbonyl (C=O) groups excluding carboxylic acids is 1. The van der Waals surface area contributed by atoms with Crippen LogP contribution in [0, 0.1) is 5.92 Å². The van der Waals surface area contributed by atoms with E-state index in [1.54, 1.807) is 0 Å². The molecule has 0 N–H and O–H groups in total. The molecule has 0 bridgehead atoms. The van der Waals surface area contributed by atoms with Gasteiger partial charge < -0.3 is 23.7 Å². The fourth-order valence-electron chi connectivity index (χ4n) is 6.21. The molecule has 1 aliphatic heterocycles. The van der Waals surface area contributed by atoms with Crippen molar-refractivity contribution in [3.05, 3.63) is 102 Å². The van der Waals surface area contributed by atoms with E-state index >= 15 is 0 Å². The van der Waals surface area contributed by atoms with Crippen LogP contribution in [0.4, 0.5) is 5.69 Å². The van der Waals surface area contributed by atoms with Crippen molar-refractivity contribution in [2.75, 3.05) is 37.8 Å². The molecule has 3 aromatic carbocycles. The van der Waals surface area contributed by atoms with Crippen LogP contribution in [0.3, 0.4) is 0 Å². The van der Waals surface area contributed by atoms with Gasteiger partial charge in [-0.15, -0.1) is 0 Å². The Kier molecular flexibility index (Phi) is 15.2. The third-order valence-corrected chi connectivity index (χ3v) is 8.78. The van der Waals surface area contributed by atoms with E-state index in [4.69, 9.17) is 14.2 Å². The normalized spacial score (nSPS) is 12.8. The number of ketones is 1. The zero-order valence-electron chi connectivity index (χ0n) is 29.8. The molecule has 1 aliphatic rings. The van der Waals surface area contributed by atoms with Gasteiger partial charge in [0.1, 0.15) is 24.7 Å². The van der Waals surface area contributed by atoms with E-state index in [0.717, 1.165) is 103 Å². The number of unbranched alkanes of at least 4 members (excludes halogenated alkanes) is 1. The second kappa shape index (κ2) is 19.7. The van der Waals surface area contributed by atoms with Crippen LogP contribution in [0.5, 0.6) is 11.5 Å². The summed E-state index contributed by atoms with van der Waals surface area (Å²) in [5, 5.41) is 0. The number of aromatic nitrogens is 2. The van der Waals surface area contributed by atoms with Crippen molar-refractivity contribution in [2.24, 2.45) is 5.92 Å². The molecule has 0 unspecified atom stereocenters. The van der Waals surface area contributed by atoms with Gasteiger partial charge in [-0.25, -0.2) is 4.98 Å². The summed E-state index contributed by atoms with van der Waals surface area (Å²) in [7, 11) is 0. The van der Waals surface area contributed by atoms with Crippen molar-refractivity contribution in [2.45, 2.75) is 86.8 Å². The topological polar surface area (TPSA) is 65.8 Å². The predicted molar refractivity (Wildman–Crippen MR) is 206 cm³/mol. The lowest BCUT2D eigenvalue weighted by Crippen LogP contribution is -2.30. The summed E-state index contributed by atoms with van der Waals surface area (Å²) in [6.45, 7) is 14.0. The average Bonchev–Trinajstić information content (AvgIpc) is 3.54. The third-order valence-electron chi connectivity index (χ3n) is 8.78. The van der Waals surface area contributed by atoms with Gasteiger partial charge in [-0.1, -0.05) is 71.9 Å². The number of Topliss-reactive ketones (excluding diaryl/α,β-unsaturated/α-hetero) is 1. The molecule has 1 aromatic heterocycles. The van der Waals surface area contributed by atoms with Crippen molar-refractivity contribution in [1.29, 1.82) is 0 Å². The fourth-order valence-corrected chi connectivity index (χ4v) is 6.21. The van der Waals surface area contributed by atoms with Gasteiger partial charge in [0.15, 0.2) is 5.78 Å². The lowest BCUT2D eigenvalue weighted by atomic mass is 9.93. The minimum absolute atomic E-state index is 0. The molecule has 0 atom stereocenters. The molecule has 0 fully saturated rings. The third kappa shape index (κ3) is 11.1. The molecule has 268 valence electrons. The molecular formula is C43H57N3O4. The molecule has 0 amide bonds. The van der Waals surface area contributed by atoms with E-state index in [1.165, 1.54) is 5.69 Å². The number of benzene rings is 3. The maximum absolute atomic E-state index is 13.8. The Balaban J connectivity index is 0.00000562. The molecule has 7 nitrogen and oxygen atoms in total. The van der Waals surface area contributed by atoms with Crippen molar-refractivity contribution in [1.82, 2.24) is 9.55 Å².